The summed E-state index contributed by atoms with van der Waals surface area (Å²) in [5.41, 5.74) is 0. The van der Waals surface area contributed by atoms with Gasteiger partial charge < -0.3 is 10.1 Å². The molecule has 1 saturated heterocycles. The minimum absolute atomic E-state index is 0.623. The molecule has 3 rings (SSSR count). The van der Waals surface area contributed by atoms with Gasteiger partial charge in [0.15, 0.2) is 0 Å². The molecule has 2 heterocycles. The maximum absolute atomic E-state index is 6.19. The zero-order valence-corrected chi connectivity index (χ0v) is 11.5. The summed E-state index contributed by atoms with van der Waals surface area (Å²) in [5.74, 6) is 1.32. The van der Waals surface area contributed by atoms with E-state index in [4.69, 9.17) is 16.3 Å². The monoisotopic (exact) mass is 276 g/mol. The maximum atomic E-state index is 6.19. The molecule has 1 fully saturated rings. The molecule has 19 heavy (non-hydrogen) atoms. The van der Waals surface area contributed by atoms with E-state index in [0.717, 1.165) is 35.5 Å². The fourth-order valence-corrected chi connectivity index (χ4v) is 2.74. The summed E-state index contributed by atoms with van der Waals surface area (Å²) >= 11 is 6.19. The molecular weight excluding hydrogens is 260 g/mol. The number of aromatic nitrogens is 1. The van der Waals surface area contributed by atoms with Crippen LogP contribution >= 0.6 is 11.6 Å². The van der Waals surface area contributed by atoms with Gasteiger partial charge in [-0.05, 0) is 50.0 Å². The number of pyridine rings is 1. The van der Waals surface area contributed by atoms with E-state index in [9.17, 15) is 0 Å². The van der Waals surface area contributed by atoms with E-state index in [0.29, 0.717) is 11.8 Å². The first-order chi connectivity index (χ1) is 9.34. The number of benzene rings is 1. The fourth-order valence-electron chi connectivity index (χ4n) is 2.50. The molecule has 2 aromatic rings. The molecule has 0 spiro atoms. The molecule has 0 saturated carbocycles. The van der Waals surface area contributed by atoms with Gasteiger partial charge in [0.2, 0.25) is 5.88 Å². The Balaban J connectivity index is 1.79. The second-order valence-corrected chi connectivity index (χ2v) is 5.36. The summed E-state index contributed by atoms with van der Waals surface area (Å²) in [4.78, 5) is 4.34. The first-order valence-corrected chi connectivity index (χ1v) is 7.09. The molecule has 0 bridgehead atoms. The van der Waals surface area contributed by atoms with Gasteiger partial charge in [0.05, 0.1) is 6.61 Å². The van der Waals surface area contributed by atoms with Gasteiger partial charge in [0.1, 0.15) is 0 Å². The van der Waals surface area contributed by atoms with Crippen molar-refractivity contribution in [2.24, 2.45) is 5.92 Å². The lowest BCUT2D eigenvalue weighted by molar-refractivity contribution is 0.211. The highest BCUT2D eigenvalue weighted by Crippen LogP contribution is 2.29. The number of nitrogens with zero attached hydrogens (tertiary/aromatic N) is 1. The lowest BCUT2D eigenvalue weighted by Gasteiger charge is -2.22. The van der Waals surface area contributed by atoms with Crippen LogP contribution in [0.3, 0.4) is 0 Å². The van der Waals surface area contributed by atoms with E-state index < -0.39 is 0 Å². The number of ether oxygens (including phenoxy) is 1. The van der Waals surface area contributed by atoms with Crippen molar-refractivity contribution in [3.8, 4) is 5.88 Å². The van der Waals surface area contributed by atoms with Crippen molar-refractivity contribution >= 4 is 22.4 Å². The zero-order valence-electron chi connectivity index (χ0n) is 10.7. The van der Waals surface area contributed by atoms with Gasteiger partial charge in [-0.25, -0.2) is 4.98 Å². The molecular formula is C15H17ClN2O. The molecule has 1 aromatic heterocycles. The molecule has 100 valence electrons. The first kappa shape index (κ1) is 12.7. The van der Waals surface area contributed by atoms with Gasteiger partial charge in [-0.3, -0.25) is 0 Å². The molecule has 0 unspecified atom stereocenters. The summed E-state index contributed by atoms with van der Waals surface area (Å²) in [6.07, 6.45) is 4.10. The van der Waals surface area contributed by atoms with Crippen LogP contribution in [-0.2, 0) is 0 Å². The van der Waals surface area contributed by atoms with Crippen molar-refractivity contribution in [1.82, 2.24) is 10.3 Å². The molecule has 1 aromatic carbocycles. The fraction of sp³-hybridized carbons (Fsp3) is 0.400. The number of nitrogens with one attached hydrogen (secondary N) is 1. The Kier molecular flexibility index (Phi) is 3.85. The quantitative estimate of drug-likeness (QED) is 0.934. The Labute approximate surface area is 117 Å². The molecule has 0 aliphatic carbocycles. The lowest BCUT2D eigenvalue weighted by Crippen LogP contribution is -2.30. The van der Waals surface area contributed by atoms with E-state index in [1.807, 2.05) is 24.3 Å². The highest BCUT2D eigenvalue weighted by molar-refractivity contribution is 6.35. The normalized spacial score (nSPS) is 16.7. The minimum Gasteiger partial charge on any atom is -0.477 e. The molecule has 1 aliphatic rings. The summed E-state index contributed by atoms with van der Waals surface area (Å²) < 4.78 is 5.92. The largest absolute Gasteiger partial charge is 0.477 e. The SMILES string of the molecule is Clc1cccc2c(OCC3CCNCC3)nccc12. The number of fused-ring (bicyclic) bond motifs is 1. The van der Waals surface area contributed by atoms with E-state index in [2.05, 4.69) is 10.3 Å². The predicted octanol–water partition coefficient (Wildman–Crippen LogP) is 3.27. The second-order valence-electron chi connectivity index (χ2n) is 4.96. The van der Waals surface area contributed by atoms with Gasteiger partial charge in [0, 0.05) is 22.0 Å². The van der Waals surface area contributed by atoms with Crippen LogP contribution in [0.15, 0.2) is 30.5 Å². The number of halogens is 1. The van der Waals surface area contributed by atoms with E-state index >= 15 is 0 Å². The predicted molar refractivity (Wildman–Crippen MR) is 77.8 cm³/mol. The summed E-state index contributed by atoms with van der Waals surface area (Å²) in [7, 11) is 0. The van der Waals surface area contributed by atoms with Crippen LogP contribution in [0, 0.1) is 5.92 Å². The standard InChI is InChI=1S/C15H17ClN2O/c16-14-3-1-2-13-12(14)6-9-18-15(13)19-10-11-4-7-17-8-5-11/h1-3,6,9,11,17H,4-5,7-8,10H2. The molecule has 1 N–H and O–H groups in total. The van der Waals surface area contributed by atoms with E-state index in [-0.39, 0.29) is 0 Å². The third-order valence-corrected chi connectivity index (χ3v) is 3.96. The van der Waals surface area contributed by atoms with Crippen molar-refractivity contribution in [2.75, 3.05) is 19.7 Å². The minimum atomic E-state index is 0.623. The molecule has 3 nitrogen and oxygen atoms in total. The van der Waals surface area contributed by atoms with Crippen LogP contribution in [-0.4, -0.2) is 24.7 Å². The van der Waals surface area contributed by atoms with Crippen molar-refractivity contribution in [2.45, 2.75) is 12.8 Å². The molecule has 4 heteroatoms. The van der Waals surface area contributed by atoms with Crippen molar-refractivity contribution in [1.29, 1.82) is 0 Å². The maximum Gasteiger partial charge on any atom is 0.221 e. The lowest BCUT2D eigenvalue weighted by atomic mass is 9.99. The summed E-state index contributed by atoms with van der Waals surface area (Å²) in [6.45, 7) is 2.91. The average Bonchev–Trinajstić information content (AvgIpc) is 2.47. The third-order valence-electron chi connectivity index (χ3n) is 3.63. The van der Waals surface area contributed by atoms with Gasteiger partial charge in [0.25, 0.3) is 0 Å². The van der Waals surface area contributed by atoms with Crippen molar-refractivity contribution in [3.05, 3.63) is 35.5 Å². The topological polar surface area (TPSA) is 34.1 Å². The zero-order chi connectivity index (χ0) is 13.1. The van der Waals surface area contributed by atoms with Crippen LogP contribution in [0.1, 0.15) is 12.8 Å². The summed E-state index contributed by atoms with van der Waals surface area (Å²) in [5, 5.41) is 6.09. The van der Waals surface area contributed by atoms with Gasteiger partial charge >= 0.3 is 0 Å². The number of hydrogen-bond acceptors (Lipinski definition) is 3. The molecule has 0 amide bonds. The second kappa shape index (κ2) is 5.76. The third kappa shape index (κ3) is 2.82. The van der Waals surface area contributed by atoms with E-state index in [1.54, 1.807) is 6.20 Å². The Bertz CT molecular complexity index is 567. The molecule has 1 aliphatic heterocycles. The molecule has 0 radical (unpaired) electrons. The number of hydrogen-bond donors (Lipinski definition) is 1. The van der Waals surface area contributed by atoms with Gasteiger partial charge in [-0.15, -0.1) is 0 Å². The van der Waals surface area contributed by atoms with Crippen LogP contribution in [0.5, 0.6) is 5.88 Å². The Morgan fingerprint density at radius 2 is 2.05 bits per heavy atom. The Hall–Kier alpha value is -1.32. The highest BCUT2D eigenvalue weighted by atomic mass is 35.5. The van der Waals surface area contributed by atoms with Crippen molar-refractivity contribution < 1.29 is 4.74 Å². The number of piperidine rings is 1. The van der Waals surface area contributed by atoms with Crippen LogP contribution in [0.2, 0.25) is 5.02 Å². The Morgan fingerprint density at radius 1 is 1.21 bits per heavy atom. The highest BCUT2D eigenvalue weighted by Gasteiger charge is 2.14. The van der Waals surface area contributed by atoms with Gasteiger partial charge in [-0.2, -0.15) is 0 Å². The number of rotatable bonds is 3. The Morgan fingerprint density at radius 3 is 2.89 bits per heavy atom. The summed E-state index contributed by atoms with van der Waals surface area (Å²) in [6, 6.07) is 7.76. The average molecular weight is 277 g/mol. The van der Waals surface area contributed by atoms with Crippen LogP contribution in [0.25, 0.3) is 10.8 Å². The van der Waals surface area contributed by atoms with Crippen molar-refractivity contribution in [3.63, 3.8) is 0 Å². The smallest absolute Gasteiger partial charge is 0.221 e. The van der Waals surface area contributed by atoms with E-state index in [1.165, 1.54) is 12.8 Å². The first-order valence-electron chi connectivity index (χ1n) is 6.71. The van der Waals surface area contributed by atoms with Crippen LogP contribution in [0.4, 0.5) is 0 Å². The van der Waals surface area contributed by atoms with Gasteiger partial charge in [-0.1, -0.05) is 17.7 Å². The molecule has 0 atom stereocenters. The van der Waals surface area contributed by atoms with Crippen LogP contribution < -0.4 is 10.1 Å².